The van der Waals surface area contributed by atoms with Gasteiger partial charge < -0.3 is 10.4 Å². The fraction of sp³-hybridized carbons (Fsp3) is 0.615. The highest BCUT2D eigenvalue weighted by Gasteiger charge is 2.35. The summed E-state index contributed by atoms with van der Waals surface area (Å²) in [6, 6.07) is 3.77. The third-order valence-corrected chi connectivity index (χ3v) is 7.03. The van der Waals surface area contributed by atoms with Crippen LogP contribution in [0.3, 0.4) is 0 Å². The molecule has 178 valence electrons. The molecule has 33 heavy (non-hydrogen) atoms. The third-order valence-electron chi connectivity index (χ3n) is 7.03. The molecule has 2 N–H and O–H groups in total. The minimum absolute atomic E-state index is 0.170. The highest BCUT2D eigenvalue weighted by Crippen LogP contribution is 2.33. The molecule has 0 bridgehead atoms. The van der Waals surface area contributed by atoms with Crippen LogP contribution in [0, 0.1) is 5.92 Å². The van der Waals surface area contributed by atoms with E-state index in [9.17, 15) is 9.90 Å². The standard InChI is InChI=1S/C26H37N5O2/c1-18(2)23-22(15-27-17-29-23)24(26(32)33)31-14-12-19(16-31)7-4-3-5-9-21-11-10-20-8-6-13-28-25(20)30-21/h10-11,15,17-19,24H,3-9,12-14,16H2,1-2H3,(H,28,30)(H,32,33). The van der Waals surface area contributed by atoms with Crippen molar-refractivity contribution < 1.29 is 9.90 Å². The smallest absolute Gasteiger partial charge is 0.325 e. The van der Waals surface area contributed by atoms with E-state index in [1.54, 1.807) is 6.20 Å². The van der Waals surface area contributed by atoms with E-state index in [-0.39, 0.29) is 5.92 Å². The first kappa shape index (κ1) is 23.6. The maximum absolute atomic E-state index is 12.2. The fourth-order valence-corrected chi connectivity index (χ4v) is 5.29. The molecule has 2 aliphatic rings. The molecule has 2 unspecified atom stereocenters. The first-order valence-corrected chi connectivity index (χ1v) is 12.5. The number of rotatable bonds is 10. The number of carboxylic acid groups (broad SMARTS) is 1. The summed E-state index contributed by atoms with van der Waals surface area (Å²) in [6.45, 7) is 6.78. The average molecular weight is 452 g/mol. The molecule has 2 atom stereocenters. The molecule has 0 aliphatic carbocycles. The Bertz CT molecular complexity index is 948. The number of carbonyl (C=O) groups is 1. The van der Waals surface area contributed by atoms with Crippen molar-refractivity contribution in [1.29, 1.82) is 0 Å². The molecule has 0 saturated carbocycles. The van der Waals surface area contributed by atoms with Crippen LogP contribution in [0.25, 0.3) is 0 Å². The van der Waals surface area contributed by atoms with Crippen molar-refractivity contribution in [1.82, 2.24) is 19.9 Å². The van der Waals surface area contributed by atoms with Gasteiger partial charge in [0.1, 0.15) is 18.2 Å². The summed E-state index contributed by atoms with van der Waals surface area (Å²) >= 11 is 0. The maximum atomic E-state index is 12.2. The van der Waals surface area contributed by atoms with E-state index in [0.29, 0.717) is 5.92 Å². The Hall–Kier alpha value is -2.54. The van der Waals surface area contributed by atoms with Gasteiger partial charge in [0.25, 0.3) is 0 Å². The Morgan fingerprint density at radius 1 is 1.27 bits per heavy atom. The lowest BCUT2D eigenvalue weighted by molar-refractivity contribution is -0.143. The zero-order valence-corrected chi connectivity index (χ0v) is 20.0. The van der Waals surface area contributed by atoms with Crippen LogP contribution < -0.4 is 5.32 Å². The predicted octanol–water partition coefficient (Wildman–Crippen LogP) is 4.60. The van der Waals surface area contributed by atoms with Crippen molar-refractivity contribution in [2.24, 2.45) is 5.92 Å². The van der Waals surface area contributed by atoms with Crippen LogP contribution in [0.1, 0.15) is 86.8 Å². The quantitative estimate of drug-likeness (QED) is 0.510. The second kappa shape index (κ2) is 11.1. The number of unbranched alkanes of at least 4 members (excludes halogenated alkanes) is 2. The number of likely N-dealkylation sites (tertiary alicyclic amines) is 1. The summed E-state index contributed by atoms with van der Waals surface area (Å²) in [5.41, 5.74) is 4.11. The van der Waals surface area contributed by atoms with Gasteiger partial charge in [0.2, 0.25) is 0 Å². The Labute approximate surface area is 197 Å². The zero-order valence-electron chi connectivity index (χ0n) is 20.0. The summed E-state index contributed by atoms with van der Waals surface area (Å²) in [6.07, 6.45) is 12.3. The highest BCUT2D eigenvalue weighted by atomic mass is 16.4. The number of carboxylic acids is 1. The molecule has 0 radical (unpaired) electrons. The number of hydrogen-bond donors (Lipinski definition) is 2. The maximum Gasteiger partial charge on any atom is 0.325 e. The highest BCUT2D eigenvalue weighted by molar-refractivity contribution is 5.76. The van der Waals surface area contributed by atoms with E-state index in [4.69, 9.17) is 4.98 Å². The van der Waals surface area contributed by atoms with Gasteiger partial charge in [-0.2, -0.15) is 0 Å². The van der Waals surface area contributed by atoms with Crippen LogP contribution in [-0.4, -0.2) is 50.6 Å². The van der Waals surface area contributed by atoms with Crippen molar-refractivity contribution in [3.63, 3.8) is 0 Å². The second-order valence-electron chi connectivity index (χ2n) is 9.85. The number of nitrogens with one attached hydrogen (secondary N) is 1. The van der Waals surface area contributed by atoms with E-state index >= 15 is 0 Å². The normalized spacial score (nSPS) is 19.3. The lowest BCUT2D eigenvalue weighted by Gasteiger charge is -2.26. The molecule has 2 aromatic heterocycles. The van der Waals surface area contributed by atoms with E-state index in [1.165, 1.54) is 36.8 Å². The Morgan fingerprint density at radius 2 is 2.15 bits per heavy atom. The molecule has 7 nitrogen and oxygen atoms in total. The summed E-state index contributed by atoms with van der Waals surface area (Å²) < 4.78 is 0. The fourth-order valence-electron chi connectivity index (χ4n) is 5.29. The van der Waals surface area contributed by atoms with Gasteiger partial charge in [0.15, 0.2) is 0 Å². The molecular formula is C26H37N5O2. The summed E-state index contributed by atoms with van der Waals surface area (Å²) in [5.74, 6) is 1.01. The predicted molar refractivity (Wildman–Crippen MR) is 129 cm³/mol. The average Bonchev–Trinajstić information content (AvgIpc) is 3.27. The Morgan fingerprint density at radius 3 is 2.97 bits per heavy atom. The molecule has 4 rings (SSSR count). The van der Waals surface area contributed by atoms with Crippen LogP contribution in [0.15, 0.2) is 24.7 Å². The summed E-state index contributed by atoms with van der Waals surface area (Å²) in [4.78, 5) is 27.6. The first-order chi connectivity index (χ1) is 16.0. The molecule has 2 aromatic rings. The van der Waals surface area contributed by atoms with Gasteiger partial charge in [-0.25, -0.2) is 15.0 Å². The van der Waals surface area contributed by atoms with Gasteiger partial charge in [0.05, 0.1) is 5.69 Å². The largest absolute Gasteiger partial charge is 0.480 e. The van der Waals surface area contributed by atoms with Crippen LogP contribution >= 0.6 is 0 Å². The van der Waals surface area contributed by atoms with Gasteiger partial charge in [-0.05, 0) is 68.5 Å². The minimum atomic E-state index is -0.806. The number of aliphatic carboxylic acids is 1. The van der Waals surface area contributed by atoms with Crippen LogP contribution in [0.5, 0.6) is 0 Å². The molecular weight excluding hydrogens is 414 g/mol. The Kier molecular flexibility index (Phi) is 7.91. The van der Waals surface area contributed by atoms with Gasteiger partial charge in [0, 0.05) is 30.5 Å². The number of aromatic nitrogens is 3. The van der Waals surface area contributed by atoms with Gasteiger partial charge >= 0.3 is 5.97 Å². The summed E-state index contributed by atoms with van der Waals surface area (Å²) in [5, 5.41) is 13.4. The van der Waals surface area contributed by atoms with Gasteiger partial charge in [-0.3, -0.25) is 9.69 Å². The molecule has 0 spiro atoms. The molecule has 7 heteroatoms. The first-order valence-electron chi connectivity index (χ1n) is 12.5. The number of hydrogen-bond acceptors (Lipinski definition) is 6. The van der Waals surface area contributed by atoms with Crippen molar-refractivity contribution in [2.45, 2.75) is 77.2 Å². The van der Waals surface area contributed by atoms with Crippen LogP contribution in [0.2, 0.25) is 0 Å². The molecule has 2 aliphatic heterocycles. The minimum Gasteiger partial charge on any atom is -0.480 e. The van der Waals surface area contributed by atoms with E-state index in [1.807, 2.05) is 13.8 Å². The van der Waals surface area contributed by atoms with Crippen molar-refractivity contribution >= 4 is 11.8 Å². The molecule has 1 fully saturated rings. The van der Waals surface area contributed by atoms with Crippen LogP contribution in [0.4, 0.5) is 5.82 Å². The van der Waals surface area contributed by atoms with E-state index in [0.717, 1.165) is 68.8 Å². The SMILES string of the molecule is CC(C)c1ncncc1C(C(=O)O)N1CCC(CCCCCc2ccc3c(n2)NCCC3)C1. The van der Waals surface area contributed by atoms with E-state index in [2.05, 4.69) is 32.3 Å². The van der Waals surface area contributed by atoms with Crippen molar-refractivity contribution in [3.8, 4) is 0 Å². The summed E-state index contributed by atoms with van der Waals surface area (Å²) in [7, 11) is 0. The number of aryl methyl sites for hydroxylation is 2. The number of nitrogens with zero attached hydrogens (tertiary/aromatic N) is 4. The molecule has 1 saturated heterocycles. The molecule has 0 amide bonds. The topological polar surface area (TPSA) is 91.2 Å². The monoisotopic (exact) mass is 451 g/mol. The molecule has 0 aromatic carbocycles. The number of pyridine rings is 1. The van der Waals surface area contributed by atoms with Crippen molar-refractivity contribution in [3.05, 3.63) is 47.2 Å². The van der Waals surface area contributed by atoms with Crippen LogP contribution in [-0.2, 0) is 17.6 Å². The third kappa shape index (κ3) is 5.88. The molecule has 4 heterocycles. The van der Waals surface area contributed by atoms with E-state index < -0.39 is 12.0 Å². The zero-order chi connectivity index (χ0) is 23.2. The lowest BCUT2D eigenvalue weighted by atomic mass is 9.98. The second-order valence-corrected chi connectivity index (χ2v) is 9.85. The Balaban J connectivity index is 1.24. The van der Waals surface area contributed by atoms with Gasteiger partial charge in [-0.1, -0.05) is 32.8 Å². The number of fused-ring (bicyclic) bond motifs is 1. The van der Waals surface area contributed by atoms with Crippen molar-refractivity contribution in [2.75, 3.05) is 25.0 Å². The van der Waals surface area contributed by atoms with Gasteiger partial charge in [-0.15, -0.1) is 0 Å². The number of anilines is 1. The lowest BCUT2D eigenvalue weighted by Crippen LogP contribution is -2.33.